The van der Waals surface area contributed by atoms with Crippen molar-refractivity contribution in [2.24, 2.45) is 0 Å². The zero-order valence-corrected chi connectivity index (χ0v) is 46.5. The van der Waals surface area contributed by atoms with Gasteiger partial charge < -0.3 is 14.5 Å². The third-order valence-corrected chi connectivity index (χ3v) is 16.5. The number of nitrogens with zero attached hydrogens (tertiary/aromatic N) is 4. The lowest BCUT2D eigenvalue weighted by atomic mass is 9.73. The van der Waals surface area contributed by atoms with Crippen molar-refractivity contribution in [1.29, 1.82) is 0 Å². The molecule has 5 nitrogen and oxygen atoms in total. The average molecular weight is 997 g/mol. The van der Waals surface area contributed by atoms with Crippen molar-refractivity contribution in [2.75, 3.05) is 16.5 Å². The number of ether oxygens (including phenoxy) is 1. The van der Waals surface area contributed by atoms with Crippen LogP contribution in [0.3, 0.4) is 0 Å². The zero-order chi connectivity index (χ0) is 53.4. The number of para-hydroxylation sites is 3. The molecule has 0 radical (unpaired) electrons. The maximum atomic E-state index is 7.37. The molecule has 0 N–H and O–H groups in total. The van der Waals surface area contributed by atoms with Gasteiger partial charge >= 0.3 is 0 Å². The third-order valence-electron chi connectivity index (χ3n) is 16.5. The number of pyridine rings is 1. The minimum absolute atomic E-state index is 0.0457. The molecule has 8 aromatic carbocycles. The Kier molecular flexibility index (Phi) is 12.4. The highest BCUT2D eigenvalue weighted by molar-refractivity contribution is 6.11. The monoisotopic (exact) mass is 997 g/mol. The van der Waals surface area contributed by atoms with Crippen molar-refractivity contribution in [3.05, 3.63) is 251 Å². The van der Waals surface area contributed by atoms with Crippen LogP contribution in [0.25, 0.3) is 27.6 Å². The Morgan fingerprint density at radius 1 is 0.382 bits per heavy atom. The normalized spacial score (nSPS) is 13.4. The molecule has 0 fully saturated rings. The van der Waals surface area contributed by atoms with Crippen LogP contribution in [0.15, 0.2) is 206 Å². The molecule has 10 aromatic rings. The van der Waals surface area contributed by atoms with Crippen molar-refractivity contribution in [2.45, 2.75) is 110 Å². The lowest BCUT2D eigenvalue weighted by molar-refractivity contribution is 0.477. The van der Waals surface area contributed by atoms with Crippen LogP contribution in [-0.2, 0) is 27.1 Å². The van der Waals surface area contributed by atoms with E-state index in [-0.39, 0.29) is 27.1 Å². The van der Waals surface area contributed by atoms with Gasteiger partial charge in [0.1, 0.15) is 24.0 Å². The van der Waals surface area contributed by atoms with Gasteiger partial charge in [-0.25, -0.2) is 4.98 Å². The molecule has 2 aromatic heterocycles. The van der Waals surface area contributed by atoms with E-state index in [0.29, 0.717) is 6.67 Å². The first-order valence-electron chi connectivity index (χ1n) is 27.0. The van der Waals surface area contributed by atoms with Gasteiger partial charge in [0.15, 0.2) is 0 Å². The van der Waals surface area contributed by atoms with Gasteiger partial charge in [0.25, 0.3) is 0 Å². The second-order valence-corrected chi connectivity index (χ2v) is 24.7. The predicted molar refractivity (Wildman–Crippen MR) is 320 cm³/mol. The van der Waals surface area contributed by atoms with Crippen molar-refractivity contribution in [3.8, 4) is 17.3 Å². The summed E-state index contributed by atoms with van der Waals surface area (Å²) in [6.45, 7) is 28.4. The van der Waals surface area contributed by atoms with Gasteiger partial charge in [0, 0.05) is 56.7 Å². The topological polar surface area (TPSA) is 33.5 Å². The van der Waals surface area contributed by atoms with Gasteiger partial charge in [-0.1, -0.05) is 210 Å². The Morgan fingerprint density at radius 2 is 0.842 bits per heavy atom. The quantitative estimate of drug-likeness (QED) is 0.129. The van der Waals surface area contributed by atoms with Gasteiger partial charge in [-0.3, -0.25) is 4.57 Å². The molecule has 0 atom stereocenters. The van der Waals surface area contributed by atoms with Crippen molar-refractivity contribution in [3.63, 3.8) is 0 Å². The molecule has 0 spiro atoms. The van der Waals surface area contributed by atoms with Gasteiger partial charge in [-0.15, -0.1) is 0 Å². The summed E-state index contributed by atoms with van der Waals surface area (Å²) in [4.78, 5) is 10.0. The van der Waals surface area contributed by atoms with Gasteiger partial charge in [-0.05, 0) is 116 Å². The summed E-state index contributed by atoms with van der Waals surface area (Å²) < 4.78 is 9.71. The lowest BCUT2D eigenvalue weighted by Gasteiger charge is -2.33. The van der Waals surface area contributed by atoms with Crippen molar-refractivity contribution in [1.82, 2.24) is 9.55 Å². The Labute approximate surface area is 451 Å². The number of hydrogen-bond acceptors (Lipinski definition) is 4. The molecule has 11 rings (SSSR count). The van der Waals surface area contributed by atoms with Crippen LogP contribution in [0.2, 0.25) is 0 Å². The van der Waals surface area contributed by atoms with Crippen LogP contribution in [0.4, 0.5) is 22.7 Å². The van der Waals surface area contributed by atoms with E-state index in [1.54, 1.807) is 0 Å². The van der Waals surface area contributed by atoms with Crippen molar-refractivity contribution < 1.29 is 4.74 Å². The fourth-order valence-corrected chi connectivity index (χ4v) is 11.5. The summed E-state index contributed by atoms with van der Waals surface area (Å²) in [5.41, 5.74) is 15.5. The minimum atomic E-state index is -0.361. The van der Waals surface area contributed by atoms with E-state index in [2.05, 4.69) is 298 Å². The van der Waals surface area contributed by atoms with E-state index in [4.69, 9.17) is 9.72 Å². The number of benzene rings is 8. The fraction of sp³-hybridized carbons (Fsp3) is 0.254. The average Bonchev–Trinajstić information content (AvgIpc) is 4.01. The van der Waals surface area contributed by atoms with Crippen LogP contribution in [0.5, 0.6) is 11.5 Å². The molecule has 76 heavy (non-hydrogen) atoms. The van der Waals surface area contributed by atoms with E-state index in [1.165, 1.54) is 49.7 Å². The summed E-state index contributed by atoms with van der Waals surface area (Å²) >= 11 is 0. The highest BCUT2D eigenvalue weighted by Gasteiger charge is 2.35. The van der Waals surface area contributed by atoms with Gasteiger partial charge in [0.05, 0.1) is 22.4 Å². The molecular weight excluding hydrogens is 925 g/mol. The summed E-state index contributed by atoms with van der Waals surface area (Å²) in [5.74, 6) is 2.45. The van der Waals surface area contributed by atoms with E-state index >= 15 is 0 Å². The number of hydrogen-bond donors (Lipinski definition) is 0. The van der Waals surface area contributed by atoms with Crippen LogP contribution in [-0.4, -0.2) is 16.2 Å². The standard InChI is InChI=1S/C71H72N4O/c1-67(2,3)51-36-37-72-65(43-51)75-61-33-23-22-32-59(61)66-60(68(4,5)6)45-58(46-64(66)75)76-57-42-54(71(11,12)50-30-20-15-21-31-50)41-56(44-57)74-47-73(62-34-24-25-35-63(62)74)55-39-52(69(7,8)48-26-16-13-17-27-48)38-53(40-55)70(9,10)49-28-18-14-19-29-49/h13-46H,47H2,1-12H3. The van der Waals surface area contributed by atoms with E-state index in [0.717, 1.165) is 56.7 Å². The molecule has 3 heterocycles. The van der Waals surface area contributed by atoms with E-state index in [9.17, 15) is 0 Å². The molecule has 0 saturated heterocycles. The Bertz CT molecular complexity index is 3690. The fourth-order valence-electron chi connectivity index (χ4n) is 11.5. The largest absolute Gasteiger partial charge is 0.457 e. The summed E-state index contributed by atoms with van der Waals surface area (Å²) in [6.07, 6.45) is 1.95. The van der Waals surface area contributed by atoms with Crippen LogP contribution in [0.1, 0.15) is 128 Å². The minimum Gasteiger partial charge on any atom is -0.457 e. The molecule has 0 aliphatic carbocycles. The lowest BCUT2D eigenvalue weighted by Crippen LogP contribution is -2.27. The maximum Gasteiger partial charge on any atom is 0.137 e. The Hall–Kier alpha value is -7.89. The SMILES string of the molecule is CC(C)(C)c1ccnc(-n2c3ccccc3c3c(C(C)(C)C)cc(Oc4cc(N5CN(c6cc(C(C)(C)c7ccccc7)cc(C(C)(C)c7ccccc7)c6)c6ccccc65)cc(C(C)(C)c5ccccc5)c4)cc32)c1. The number of anilines is 4. The molecule has 1 aliphatic heterocycles. The summed E-state index contributed by atoms with van der Waals surface area (Å²) in [6, 6.07) is 73.4. The number of aromatic nitrogens is 2. The van der Waals surface area contributed by atoms with Crippen LogP contribution < -0.4 is 14.5 Å². The third kappa shape index (κ3) is 9.04. The van der Waals surface area contributed by atoms with Gasteiger partial charge in [-0.2, -0.15) is 0 Å². The smallest absolute Gasteiger partial charge is 0.137 e. The van der Waals surface area contributed by atoms with Crippen LogP contribution >= 0.6 is 0 Å². The van der Waals surface area contributed by atoms with Crippen molar-refractivity contribution >= 4 is 44.6 Å². The molecule has 0 bridgehead atoms. The molecule has 382 valence electrons. The Balaban J connectivity index is 1.08. The first-order valence-corrected chi connectivity index (χ1v) is 27.0. The molecule has 0 amide bonds. The highest BCUT2D eigenvalue weighted by Crippen LogP contribution is 2.50. The van der Waals surface area contributed by atoms with Crippen LogP contribution in [0, 0.1) is 0 Å². The van der Waals surface area contributed by atoms with E-state index in [1.807, 2.05) is 6.20 Å². The number of fused-ring (bicyclic) bond motifs is 4. The second kappa shape index (κ2) is 18.7. The summed E-state index contributed by atoms with van der Waals surface area (Å²) in [5, 5.41) is 2.42. The first kappa shape index (κ1) is 50.3. The first-order chi connectivity index (χ1) is 36.2. The zero-order valence-electron chi connectivity index (χ0n) is 46.5. The molecule has 0 unspecified atom stereocenters. The highest BCUT2D eigenvalue weighted by atomic mass is 16.5. The maximum absolute atomic E-state index is 7.37. The summed E-state index contributed by atoms with van der Waals surface area (Å²) in [7, 11) is 0. The van der Waals surface area contributed by atoms with E-state index < -0.39 is 0 Å². The number of rotatable bonds is 11. The van der Waals surface area contributed by atoms with Gasteiger partial charge in [0.2, 0.25) is 0 Å². The molecule has 0 saturated carbocycles. The Morgan fingerprint density at radius 3 is 1.36 bits per heavy atom. The second-order valence-electron chi connectivity index (χ2n) is 24.7. The predicted octanol–water partition coefficient (Wildman–Crippen LogP) is 18.8. The molecule has 5 heteroatoms. The molecular formula is C71H72N4O. The molecule has 1 aliphatic rings.